The van der Waals surface area contributed by atoms with Crippen molar-refractivity contribution in [1.82, 2.24) is 10.6 Å². The number of nitrogens with one attached hydrogen (secondary N) is 2. The molecule has 0 spiro atoms. The molecule has 4 heteroatoms. The molecule has 2 N–H and O–H groups in total. The number of hydrogen-bond acceptors (Lipinski definition) is 3. The van der Waals surface area contributed by atoms with Gasteiger partial charge in [-0.05, 0) is 38.1 Å². The van der Waals surface area contributed by atoms with Crippen molar-refractivity contribution in [2.75, 3.05) is 19.7 Å². The summed E-state index contributed by atoms with van der Waals surface area (Å²) in [5, 5.41) is 6.46. The summed E-state index contributed by atoms with van der Waals surface area (Å²) in [7, 11) is 0. The number of carbonyl (C=O) groups excluding carboxylic acids is 1. The van der Waals surface area contributed by atoms with Gasteiger partial charge in [0.2, 0.25) is 5.91 Å². The number of ether oxygens (including phenoxy) is 1. The predicted octanol–water partition coefficient (Wildman–Crippen LogP) is 1.06. The summed E-state index contributed by atoms with van der Waals surface area (Å²) in [5.74, 6) is 0.841. The maximum atomic E-state index is 11.8. The van der Waals surface area contributed by atoms with E-state index in [9.17, 15) is 4.79 Å². The van der Waals surface area contributed by atoms with E-state index in [4.69, 9.17) is 4.74 Å². The normalized spacial score (nSPS) is 33.6. The molecule has 2 heterocycles. The van der Waals surface area contributed by atoms with E-state index in [0.717, 1.165) is 45.4 Å². The lowest BCUT2D eigenvalue weighted by Gasteiger charge is -2.28. The fourth-order valence-corrected chi connectivity index (χ4v) is 2.73. The molecule has 4 nitrogen and oxygen atoms in total. The molecular formula is C13H24N2O2. The summed E-state index contributed by atoms with van der Waals surface area (Å²) in [6, 6.07) is 0.316. The van der Waals surface area contributed by atoms with E-state index in [1.54, 1.807) is 0 Å². The molecule has 2 fully saturated rings. The second-order valence-electron chi connectivity index (χ2n) is 5.44. The number of carbonyl (C=O) groups is 1. The monoisotopic (exact) mass is 240 g/mol. The summed E-state index contributed by atoms with van der Waals surface area (Å²) >= 11 is 0. The summed E-state index contributed by atoms with van der Waals surface area (Å²) in [4.78, 5) is 11.8. The summed E-state index contributed by atoms with van der Waals surface area (Å²) < 4.78 is 5.52. The van der Waals surface area contributed by atoms with Crippen molar-refractivity contribution in [2.24, 2.45) is 5.92 Å². The molecule has 2 aliphatic heterocycles. The SMILES string of the molecule is CC1CNCC(NC(=O)CCC2CCCO2)C1. The van der Waals surface area contributed by atoms with Gasteiger partial charge in [0.1, 0.15) is 0 Å². The van der Waals surface area contributed by atoms with Crippen molar-refractivity contribution < 1.29 is 9.53 Å². The Morgan fingerprint density at radius 1 is 1.47 bits per heavy atom. The van der Waals surface area contributed by atoms with Gasteiger partial charge in [0.15, 0.2) is 0 Å². The van der Waals surface area contributed by atoms with Gasteiger partial charge in [-0.3, -0.25) is 4.79 Å². The molecule has 17 heavy (non-hydrogen) atoms. The Balaban J connectivity index is 1.62. The van der Waals surface area contributed by atoms with Crippen LogP contribution in [0.1, 0.15) is 39.0 Å². The van der Waals surface area contributed by atoms with Crippen molar-refractivity contribution >= 4 is 5.91 Å². The molecule has 0 bridgehead atoms. The zero-order chi connectivity index (χ0) is 12.1. The topological polar surface area (TPSA) is 50.4 Å². The first-order valence-corrected chi connectivity index (χ1v) is 6.85. The van der Waals surface area contributed by atoms with E-state index in [0.29, 0.717) is 24.5 Å². The van der Waals surface area contributed by atoms with Crippen LogP contribution in [0.4, 0.5) is 0 Å². The molecule has 0 aromatic carbocycles. The third kappa shape index (κ3) is 4.28. The van der Waals surface area contributed by atoms with Crippen molar-refractivity contribution in [3.63, 3.8) is 0 Å². The third-order valence-corrected chi connectivity index (χ3v) is 3.65. The highest BCUT2D eigenvalue weighted by Gasteiger charge is 2.21. The first kappa shape index (κ1) is 12.8. The number of piperidine rings is 1. The maximum Gasteiger partial charge on any atom is 0.220 e. The Kier molecular flexibility index (Phi) is 4.80. The first-order valence-electron chi connectivity index (χ1n) is 6.85. The van der Waals surface area contributed by atoms with Crippen molar-refractivity contribution in [1.29, 1.82) is 0 Å². The molecule has 0 aromatic rings. The van der Waals surface area contributed by atoms with Crippen LogP contribution >= 0.6 is 0 Å². The highest BCUT2D eigenvalue weighted by molar-refractivity contribution is 5.76. The van der Waals surface area contributed by atoms with Gasteiger partial charge in [0.05, 0.1) is 6.10 Å². The minimum atomic E-state index is 0.182. The molecule has 2 saturated heterocycles. The van der Waals surface area contributed by atoms with Crippen LogP contribution in [0.2, 0.25) is 0 Å². The van der Waals surface area contributed by atoms with Gasteiger partial charge in [-0.1, -0.05) is 6.92 Å². The molecule has 98 valence electrons. The lowest BCUT2D eigenvalue weighted by molar-refractivity contribution is -0.122. The van der Waals surface area contributed by atoms with Crippen LogP contribution in [-0.4, -0.2) is 37.7 Å². The molecule has 3 unspecified atom stereocenters. The molecular weight excluding hydrogens is 216 g/mol. The Bertz CT molecular complexity index is 252. The van der Waals surface area contributed by atoms with Crippen LogP contribution in [0.25, 0.3) is 0 Å². The van der Waals surface area contributed by atoms with Gasteiger partial charge in [-0.2, -0.15) is 0 Å². The van der Waals surface area contributed by atoms with Crippen molar-refractivity contribution in [3.05, 3.63) is 0 Å². The molecule has 0 radical (unpaired) electrons. The van der Waals surface area contributed by atoms with Crippen LogP contribution in [0.5, 0.6) is 0 Å². The van der Waals surface area contributed by atoms with Crippen molar-refractivity contribution in [2.45, 2.75) is 51.2 Å². The fourth-order valence-electron chi connectivity index (χ4n) is 2.73. The van der Waals surface area contributed by atoms with E-state index >= 15 is 0 Å². The summed E-state index contributed by atoms with van der Waals surface area (Å²) in [6.45, 7) is 5.08. The van der Waals surface area contributed by atoms with Gasteiger partial charge in [-0.25, -0.2) is 0 Å². The minimum Gasteiger partial charge on any atom is -0.378 e. The standard InChI is InChI=1S/C13H24N2O2/c1-10-7-11(9-14-8-10)15-13(16)5-4-12-3-2-6-17-12/h10-12,14H,2-9H2,1H3,(H,15,16). The van der Waals surface area contributed by atoms with Crippen LogP contribution in [-0.2, 0) is 9.53 Å². The van der Waals surface area contributed by atoms with Crippen LogP contribution in [0, 0.1) is 5.92 Å². The molecule has 0 aromatic heterocycles. The lowest BCUT2D eigenvalue weighted by Crippen LogP contribution is -2.48. The largest absolute Gasteiger partial charge is 0.378 e. The Morgan fingerprint density at radius 2 is 2.35 bits per heavy atom. The number of amides is 1. The molecule has 1 amide bonds. The van der Waals surface area contributed by atoms with Crippen LogP contribution < -0.4 is 10.6 Å². The maximum absolute atomic E-state index is 11.8. The van der Waals surface area contributed by atoms with Crippen LogP contribution in [0.3, 0.4) is 0 Å². The van der Waals surface area contributed by atoms with Gasteiger partial charge in [-0.15, -0.1) is 0 Å². The Labute approximate surface area is 103 Å². The third-order valence-electron chi connectivity index (χ3n) is 3.65. The minimum absolute atomic E-state index is 0.182. The summed E-state index contributed by atoms with van der Waals surface area (Å²) in [6.07, 6.45) is 5.17. The van der Waals surface area contributed by atoms with E-state index < -0.39 is 0 Å². The number of hydrogen-bond donors (Lipinski definition) is 2. The smallest absolute Gasteiger partial charge is 0.220 e. The molecule has 0 aliphatic carbocycles. The predicted molar refractivity (Wildman–Crippen MR) is 66.8 cm³/mol. The molecule has 3 atom stereocenters. The molecule has 2 rings (SSSR count). The average molecular weight is 240 g/mol. The summed E-state index contributed by atoms with van der Waals surface area (Å²) in [5.41, 5.74) is 0. The zero-order valence-electron chi connectivity index (χ0n) is 10.7. The van der Waals surface area contributed by atoms with Crippen molar-refractivity contribution in [3.8, 4) is 0 Å². The van der Waals surface area contributed by atoms with Gasteiger partial charge >= 0.3 is 0 Å². The van der Waals surface area contributed by atoms with E-state index in [2.05, 4.69) is 17.6 Å². The lowest BCUT2D eigenvalue weighted by atomic mass is 9.97. The van der Waals surface area contributed by atoms with E-state index in [1.165, 1.54) is 0 Å². The van der Waals surface area contributed by atoms with E-state index in [-0.39, 0.29) is 5.91 Å². The van der Waals surface area contributed by atoms with Crippen LogP contribution in [0.15, 0.2) is 0 Å². The first-order chi connectivity index (χ1) is 8.24. The second-order valence-corrected chi connectivity index (χ2v) is 5.44. The van der Waals surface area contributed by atoms with E-state index in [1.807, 2.05) is 0 Å². The number of rotatable bonds is 4. The zero-order valence-corrected chi connectivity index (χ0v) is 10.7. The quantitative estimate of drug-likeness (QED) is 0.772. The second kappa shape index (κ2) is 6.36. The highest BCUT2D eigenvalue weighted by Crippen LogP contribution is 2.17. The molecule has 2 aliphatic rings. The Hall–Kier alpha value is -0.610. The highest BCUT2D eigenvalue weighted by atomic mass is 16.5. The van der Waals surface area contributed by atoms with Gasteiger partial charge in [0.25, 0.3) is 0 Å². The molecule has 0 saturated carbocycles. The van der Waals surface area contributed by atoms with Gasteiger partial charge in [0, 0.05) is 25.6 Å². The fraction of sp³-hybridized carbons (Fsp3) is 0.923. The average Bonchev–Trinajstić information content (AvgIpc) is 2.79. The van der Waals surface area contributed by atoms with Gasteiger partial charge < -0.3 is 15.4 Å². The Morgan fingerprint density at radius 3 is 3.06 bits per heavy atom.